The molecule has 0 aliphatic heterocycles. The van der Waals surface area contributed by atoms with Gasteiger partial charge in [-0.2, -0.15) is 0 Å². The Morgan fingerprint density at radius 3 is 2.72 bits per heavy atom. The molecule has 1 saturated carbocycles. The molecule has 3 rings (SSSR count). The summed E-state index contributed by atoms with van der Waals surface area (Å²) in [5.41, 5.74) is 1.92. The molecule has 2 aromatic rings. The van der Waals surface area contributed by atoms with E-state index >= 15 is 0 Å². The van der Waals surface area contributed by atoms with Crippen molar-refractivity contribution in [3.05, 3.63) is 30.0 Å². The normalized spacial score (nSPS) is 18.0. The number of benzene rings is 1. The molecule has 3 nitrogen and oxygen atoms in total. The third-order valence-corrected chi connectivity index (χ3v) is 3.87. The van der Waals surface area contributed by atoms with Gasteiger partial charge < -0.3 is 9.84 Å². The van der Waals surface area contributed by atoms with Gasteiger partial charge in [-0.3, -0.25) is 0 Å². The van der Waals surface area contributed by atoms with Gasteiger partial charge in [0, 0.05) is 18.0 Å². The van der Waals surface area contributed by atoms with E-state index in [0.717, 1.165) is 23.2 Å². The lowest BCUT2D eigenvalue weighted by Gasteiger charge is -2.14. The van der Waals surface area contributed by atoms with Crippen LogP contribution in [0.25, 0.3) is 11.0 Å². The minimum Gasteiger partial charge on any atom is -0.356 e. The van der Waals surface area contributed by atoms with Gasteiger partial charge in [-0.25, -0.2) is 0 Å². The maximum atomic E-state index is 5.32. The second kappa shape index (κ2) is 5.53. The molecule has 1 fully saturated rings. The van der Waals surface area contributed by atoms with E-state index in [1.165, 1.54) is 38.5 Å². The van der Waals surface area contributed by atoms with Crippen molar-refractivity contribution in [3.63, 3.8) is 0 Å². The molecule has 1 aromatic carbocycles. The summed E-state index contributed by atoms with van der Waals surface area (Å²) >= 11 is 0. The summed E-state index contributed by atoms with van der Waals surface area (Å²) in [6.45, 7) is 0.821. The Hall–Kier alpha value is -1.35. The van der Waals surface area contributed by atoms with E-state index in [-0.39, 0.29) is 0 Å². The lowest BCUT2D eigenvalue weighted by atomic mass is 10.1. The van der Waals surface area contributed by atoms with Crippen LogP contribution < -0.4 is 5.32 Å². The summed E-state index contributed by atoms with van der Waals surface area (Å²) in [5, 5.41) is 8.94. The Labute approximate surface area is 108 Å². The molecule has 0 bridgehead atoms. The highest BCUT2D eigenvalue weighted by atomic mass is 16.5. The van der Waals surface area contributed by atoms with Crippen molar-refractivity contribution < 1.29 is 4.52 Å². The second-order valence-electron chi connectivity index (χ2n) is 5.19. The van der Waals surface area contributed by atoms with Crippen molar-refractivity contribution >= 4 is 11.0 Å². The molecular formula is C15H20N2O. The summed E-state index contributed by atoms with van der Waals surface area (Å²) in [7, 11) is 0. The fraction of sp³-hybridized carbons (Fsp3) is 0.533. The zero-order valence-electron chi connectivity index (χ0n) is 10.7. The fourth-order valence-electron chi connectivity index (χ4n) is 2.79. The van der Waals surface area contributed by atoms with Crippen molar-refractivity contribution in [1.29, 1.82) is 0 Å². The van der Waals surface area contributed by atoms with E-state index < -0.39 is 0 Å². The number of hydrogen-bond acceptors (Lipinski definition) is 3. The van der Waals surface area contributed by atoms with Crippen LogP contribution in [0.3, 0.4) is 0 Å². The maximum absolute atomic E-state index is 5.32. The molecule has 0 unspecified atom stereocenters. The summed E-state index contributed by atoms with van der Waals surface area (Å²) in [6.07, 6.45) is 8.11. The van der Waals surface area contributed by atoms with Gasteiger partial charge in [0.15, 0.2) is 5.58 Å². The van der Waals surface area contributed by atoms with Gasteiger partial charge in [0.05, 0.1) is 0 Å². The van der Waals surface area contributed by atoms with Gasteiger partial charge in [-0.05, 0) is 25.0 Å². The van der Waals surface area contributed by atoms with Crippen molar-refractivity contribution in [3.8, 4) is 0 Å². The monoisotopic (exact) mass is 244 g/mol. The second-order valence-corrected chi connectivity index (χ2v) is 5.19. The van der Waals surface area contributed by atoms with Crippen LogP contribution in [-0.2, 0) is 6.54 Å². The van der Waals surface area contributed by atoms with Crippen LogP contribution in [0.2, 0.25) is 0 Å². The zero-order chi connectivity index (χ0) is 12.2. The molecule has 0 saturated heterocycles. The third kappa shape index (κ3) is 2.56. The van der Waals surface area contributed by atoms with Crippen LogP contribution in [0, 0.1) is 0 Å². The Morgan fingerprint density at radius 1 is 1.11 bits per heavy atom. The average molecular weight is 244 g/mol. The van der Waals surface area contributed by atoms with Crippen LogP contribution in [0.1, 0.15) is 44.2 Å². The van der Waals surface area contributed by atoms with Crippen LogP contribution in [0.15, 0.2) is 28.8 Å². The quantitative estimate of drug-likeness (QED) is 0.838. The first kappa shape index (κ1) is 11.7. The molecule has 18 heavy (non-hydrogen) atoms. The van der Waals surface area contributed by atoms with E-state index in [4.69, 9.17) is 4.52 Å². The predicted octanol–water partition coefficient (Wildman–Crippen LogP) is 3.64. The minimum atomic E-state index is 0.656. The standard InChI is InChI=1S/C15H20N2O/c1-2-4-8-12(7-3-1)16-11-14-13-9-5-6-10-15(13)18-17-14/h5-6,9-10,12,16H,1-4,7-8,11H2. The Morgan fingerprint density at radius 2 is 1.89 bits per heavy atom. The van der Waals surface area contributed by atoms with Crippen molar-refractivity contribution in [2.45, 2.75) is 51.1 Å². The first-order chi connectivity index (χ1) is 8.93. The Bertz CT molecular complexity index is 498. The predicted molar refractivity (Wildman–Crippen MR) is 72.3 cm³/mol. The summed E-state index contributed by atoms with van der Waals surface area (Å²) in [5.74, 6) is 0. The number of nitrogens with one attached hydrogen (secondary N) is 1. The van der Waals surface area contributed by atoms with E-state index in [1.807, 2.05) is 18.2 Å². The maximum Gasteiger partial charge on any atom is 0.167 e. The third-order valence-electron chi connectivity index (χ3n) is 3.87. The van der Waals surface area contributed by atoms with Gasteiger partial charge in [0.1, 0.15) is 5.69 Å². The van der Waals surface area contributed by atoms with Gasteiger partial charge in [0.2, 0.25) is 0 Å². The number of nitrogens with zero attached hydrogens (tertiary/aromatic N) is 1. The highest BCUT2D eigenvalue weighted by molar-refractivity contribution is 5.79. The number of para-hydroxylation sites is 1. The van der Waals surface area contributed by atoms with Gasteiger partial charge in [-0.1, -0.05) is 43.0 Å². The first-order valence-electron chi connectivity index (χ1n) is 7.00. The lowest BCUT2D eigenvalue weighted by Crippen LogP contribution is -2.28. The number of fused-ring (bicyclic) bond motifs is 1. The molecule has 96 valence electrons. The molecule has 3 heteroatoms. The number of aromatic nitrogens is 1. The Kier molecular flexibility index (Phi) is 3.60. The molecule has 1 N–H and O–H groups in total. The van der Waals surface area contributed by atoms with Crippen LogP contribution >= 0.6 is 0 Å². The van der Waals surface area contributed by atoms with Crippen LogP contribution in [0.5, 0.6) is 0 Å². The summed E-state index contributed by atoms with van der Waals surface area (Å²) in [6, 6.07) is 8.72. The van der Waals surface area contributed by atoms with E-state index in [0.29, 0.717) is 6.04 Å². The van der Waals surface area contributed by atoms with E-state index in [9.17, 15) is 0 Å². The molecule has 1 aromatic heterocycles. The molecule has 0 spiro atoms. The largest absolute Gasteiger partial charge is 0.356 e. The molecule has 0 radical (unpaired) electrons. The summed E-state index contributed by atoms with van der Waals surface area (Å²) in [4.78, 5) is 0. The van der Waals surface area contributed by atoms with Gasteiger partial charge in [0.25, 0.3) is 0 Å². The number of rotatable bonds is 3. The lowest BCUT2D eigenvalue weighted by molar-refractivity contribution is 0.420. The Balaban J connectivity index is 1.65. The van der Waals surface area contributed by atoms with E-state index in [1.54, 1.807) is 0 Å². The molecule has 1 aliphatic rings. The molecule has 0 amide bonds. The SMILES string of the molecule is c1ccc2c(CNC3CCCCCC3)noc2c1. The smallest absolute Gasteiger partial charge is 0.167 e. The highest BCUT2D eigenvalue weighted by Crippen LogP contribution is 2.20. The average Bonchev–Trinajstić information content (AvgIpc) is 2.64. The van der Waals surface area contributed by atoms with Crippen molar-refractivity contribution in [1.82, 2.24) is 10.5 Å². The fourth-order valence-corrected chi connectivity index (χ4v) is 2.79. The topological polar surface area (TPSA) is 38.1 Å². The highest BCUT2D eigenvalue weighted by Gasteiger charge is 2.13. The minimum absolute atomic E-state index is 0.656. The van der Waals surface area contributed by atoms with Crippen molar-refractivity contribution in [2.75, 3.05) is 0 Å². The van der Waals surface area contributed by atoms with Gasteiger partial charge in [-0.15, -0.1) is 0 Å². The van der Waals surface area contributed by atoms with Gasteiger partial charge >= 0.3 is 0 Å². The number of hydrogen-bond donors (Lipinski definition) is 1. The molecular weight excluding hydrogens is 224 g/mol. The van der Waals surface area contributed by atoms with Crippen LogP contribution in [0.4, 0.5) is 0 Å². The first-order valence-corrected chi connectivity index (χ1v) is 7.00. The van der Waals surface area contributed by atoms with Crippen LogP contribution in [-0.4, -0.2) is 11.2 Å². The van der Waals surface area contributed by atoms with E-state index in [2.05, 4.69) is 16.5 Å². The molecule has 1 aliphatic carbocycles. The molecule has 0 atom stereocenters. The van der Waals surface area contributed by atoms with Crippen molar-refractivity contribution in [2.24, 2.45) is 0 Å². The zero-order valence-corrected chi connectivity index (χ0v) is 10.7. The molecule has 1 heterocycles. The summed E-state index contributed by atoms with van der Waals surface area (Å²) < 4.78 is 5.32.